The zero-order chi connectivity index (χ0) is 15.3. The van der Waals surface area contributed by atoms with Gasteiger partial charge in [-0.2, -0.15) is 0 Å². The average Bonchev–Trinajstić information content (AvgIpc) is 2.33. The third-order valence-electron chi connectivity index (χ3n) is 3.10. The molecule has 0 heterocycles. The molecule has 0 bridgehead atoms. The largest absolute Gasteiger partial charge is 0.481 e. The number of carboxylic acid groups (broad SMARTS) is 1. The van der Waals surface area contributed by atoms with Gasteiger partial charge in [0.2, 0.25) is 5.91 Å². The fourth-order valence-electron chi connectivity index (χ4n) is 1.91. The van der Waals surface area contributed by atoms with Crippen LogP contribution in [0.3, 0.4) is 0 Å². The highest BCUT2D eigenvalue weighted by Crippen LogP contribution is 2.18. The number of rotatable bonds is 6. The number of carboxylic acids is 1. The van der Waals surface area contributed by atoms with Crippen LogP contribution in [0.2, 0.25) is 0 Å². The molecule has 0 spiro atoms. The molecule has 1 aromatic rings. The van der Waals surface area contributed by atoms with E-state index in [0.717, 1.165) is 15.6 Å². The maximum Gasteiger partial charge on any atom is 0.305 e. The van der Waals surface area contributed by atoms with Crippen molar-refractivity contribution in [1.82, 2.24) is 4.90 Å². The summed E-state index contributed by atoms with van der Waals surface area (Å²) in [6, 6.07) is 5.82. The quantitative estimate of drug-likeness (QED) is 0.865. The molecule has 1 aromatic carbocycles. The number of aryl methyl sites for hydroxylation is 1. The highest BCUT2D eigenvalue weighted by molar-refractivity contribution is 9.10. The van der Waals surface area contributed by atoms with Crippen molar-refractivity contribution in [3.05, 3.63) is 33.8 Å². The Morgan fingerprint density at radius 1 is 1.35 bits per heavy atom. The van der Waals surface area contributed by atoms with Gasteiger partial charge in [-0.05, 0) is 38.0 Å². The standard InChI is InChI=1S/C15H20BrNO3/c1-10(2)17(7-6-15(19)20)14(18)9-12-5-4-11(3)13(16)8-12/h4-5,8,10H,6-7,9H2,1-3H3,(H,19,20). The van der Waals surface area contributed by atoms with E-state index in [2.05, 4.69) is 15.9 Å². The molecule has 0 saturated carbocycles. The summed E-state index contributed by atoms with van der Waals surface area (Å²) in [5.74, 6) is -0.932. The molecule has 110 valence electrons. The van der Waals surface area contributed by atoms with Crippen molar-refractivity contribution in [2.75, 3.05) is 6.54 Å². The Hall–Kier alpha value is -1.36. The number of nitrogens with zero attached hydrogens (tertiary/aromatic N) is 1. The first kappa shape index (κ1) is 16.7. The lowest BCUT2D eigenvalue weighted by Crippen LogP contribution is -2.39. The monoisotopic (exact) mass is 341 g/mol. The molecular weight excluding hydrogens is 322 g/mol. The lowest BCUT2D eigenvalue weighted by Gasteiger charge is -2.26. The summed E-state index contributed by atoms with van der Waals surface area (Å²) in [4.78, 5) is 24.5. The fourth-order valence-corrected chi connectivity index (χ4v) is 2.34. The zero-order valence-corrected chi connectivity index (χ0v) is 13.6. The number of hydrogen-bond donors (Lipinski definition) is 1. The zero-order valence-electron chi connectivity index (χ0n) is 12.0. The second-order valence-corrected chi connectivity index (χ2v) is 5.94. The third-order valence-corrected chi connectivity index (χ3v) is 3.96. The summed E-state index contributed by atoms with van der Waals surface area (Å²) in [7, 11) is 0. The van der Waals surface area contributed by atoms with E-state index >= 15 is 0 Å². The van der Waals surface area contributed by atoms with Crippen LogP contribution in [0.4, 0.5) is 0 Å². The van der Waals surface area contributed by atoms with Crippen LogP contribution in [-0.2, 0) is 16.0 Å². The fraction of sp³-hybridized carbons (Fsp3) is 0.467. The molecule has 0 unspecified atom stereocenters. The van der Waals surface area contributed by atoms with Crippen LogP contribution >= 0.6 is 15.9 Å². The second-order valence-electron chi connectivity index (χ2n) is 5.08. The minimum atomic E-state index is -0.887. The molecule has 0 radical (unpaired) electrons. The van der Waals surface area contributed by atoms with E-state index in [9.17, 15) is 9.59 Å². The summed E-state index contributed by atoms with van der Waals surface area (Å²) in [6.07, 6.45) is 0.262. The smallest absolute Gasteiger partial charge is 0.305 e. The minimum Gasteiger partial charge on any atom is -0.481 e. The predicted molar refractivity (Wildman–Crippen MR) is 81.7 cm³/mol. The van der Waals surface area contributed by atoms with Gasteiger partial charge in [-0.25, -0.2) is 0 Å². The van der Waals surface area contributed by atoms with E-state index in [1.807, 2.05) is 39.0 Å². The van der Waals surface area contributed by atoms with Gasteiger partial charge >= 0.3 is 5.97 Å². The van der Waals surface area contributed by atoms with Gasteiger partial charge < -0.3 is 10.0 Å². The summed E-state index contributed by atoms with van der Waals surface area (Å²) in [5, 5.41) is 8.74. The number of amides is 1. The Balaban J connectivity index is 2.74. The Bertz CT molecular complexity index is 500. The van der Waals surface area contributed by atoms with Crippen LogP contribution in [0.15, 0.2) is 22.7 Å². The van der Waals surface area contributed by atoms with Gasteiger partial charge in [-0.3, -0.25) is 9.59 Å². The summed E-state index contributed by atoms with van der Waals surface area (Å²) in [5.41, 5.74) is 2.04. The molecule has 1 amide bonds. The Morgan fingerprint density at radius 2 is 2.00 bits per heavy atom. The number of hydrogen-bond acceptors (Lipinski definition) is 2. The van der Waals surface area contributed by atoms with E-state index < -0.39 is 5.97 Å². The lowest BCUT2D eigenvalue weighted by atomic mass is 10.1. The first-order valence-electron chi connectivity index (χ1n) is 6.57. The van der Waals surface area contributed by atoms with Crippen molar-refractivity contribution in [2.24, 2.45) is 0 Å². The molecule has 5 heteroatoms. The average molecular weight is 342 g/mol. The SMILES string of the molecule is Cc1ccc(CC(=O)N(CCC(=O)O)C(C)C)cc1Br. The van der Waals surface area contributed by atoms with Gasteiger partial charge in [0.15, 0.2) is 0 Å². The van der Waals surface area contributed by atoms with Gasteiger partial charge in [0.25, 0.3) is 0 Å². The molecule has 20 heavy (non-hydrogen) atoms. The molecule has 1 N–H and O–H groups in total. The predicted octanol–water partition coefficient (Wildman–Crippen LogP) is 3.01. The number of carbonyl (C=O) groups is 2. The van der Waals surface area contributed by atoms with E-state index in [0.29, 0.717) is 0 Å². The van der Waals surface area contributed by atoms with Gasteiger partial charge in [-0.15, -0.1) is 0 Å². The van der Waals surface area contributed by atoms with E-state index in [4.69, 9.17) is 5.11 Å². The first-order chi connectivity index (χ1) is 9.31. The first-order valence-corrected chi connectivity index (χ1v) is 7.37. The third kappa shape index (κ3) is 4.96. The molecule has 0 saturated heterocycles. The van der Waals surface area contributed by atoms with Crippen molar-refractivity contribution in [1.29, 1.82) is 0 Å². The maximum atomic E-state index is 12.3. The second kappa shape index (κ2) is 7.43. The van der Waals surface area contributed by atoms with Crippen LogP contribution in [0.5, 0.6) is 0 Å². The van der Waals surface area contributed by atoms with E-state index in [1.165, 1.54) is 0 Å². The highest BCUT2D eigenvalue weighted by Gasteiger charge is 2.18. The molecule has 0 aromatic heterocycles. The molecular formula is C15H20BrNO3. The number of halogens is 1. The van der Waals surface area contributed by atoms with Crippen molar-refractivity contribution in [3.63, 3.8) is 0 Å². The van der Waals surface area contributed by atoms with Gasteiger partial charge in [-0.1, -0.05) is 28.1 Å². The van der Waals surface area contributed by atoms with Crippen LogP contribution in [-0.4, -0.2) is 34.5 Å². The lowest BCUT2D eigenvalue weighted by molar-refractivity contribution is -0.139. The Kier molecular flexibility index (Phi) is 6.20. The normalized spacial score (nSPS) is 10.7. The summed E-state index contributed by atoms with van der Waals surface area (Å²) in [6.45, 7) is 6.03. The van der Waals surface area contributed by atoms with Crippen LogP contribution < -0.4 is 0 Å². The van der Waals surface area contributed by atoms with Crippen LogP contribution in [0.25, 0.3) is 0 Å². The molecule has 0 fully saturated rings. The maximum absolute atomic E-state index is 12.3. The molecule has 1 rings (SSSR count). The van der Waals surface area contributed by atoms with Crippen molar-refractivity contribution < 1.29 is 14.7 Å². The number of aliphatic carboxylic acids is 1. The van der Waals surface area contributed by atoms with Crippen molar-refractivity contribution >= 4 is 27.8 Å². The van der Waals surface area contributed by atoms with E-state index in [-0.39, 0.29) is 31.3 Å². The van der Waals surface area contributed by atoms with Crippen molar-refractivity contribution in [3.8, 4) is 0 Å². The molecule has 0 aliphatic rings. The Morgan fingerprint density at radius 3 is 2.50 bits per heavy atom. The van der Waals surface area contributed by atoms with Crippen molar-refractivity contribution in [2.45, 2.75) is 39.7 Å². The molecule has 4 nitrogen and oxygen atoms in total. The number of carbonyl (C=O) groups excluding carboxylic acids is 1. The molecule has 0 atom stereocenters. The van der Waals surface area contributed by atoms with Gasteiger partial charge in [0.1, 0.15) is 0 Å². The van der Waals surface area contributed by atoms with Crippen LogP contribution in [0.1, 0.15) is 31.4 Å². The highest BCUT2D eigenvalue weighted by atomic mass is 79.9. The Labute approximate surface area is 127 Å². The van der Waals surface area contributed by atoms with E-state index in [1.54, 1.807) is 4.90 Å². The van der Waals surface area contributed by atoms with Gasteiger partial charge in [0.05, 0.1) is 12.8 Å². The topological polar surface area (TPSA) is 57.6 Å². The molecule has 0 aliphatic heterocycles. The summed E-state index contributed by atoms with van der Waals surface area (Å²) < 4.78 is 0.976. The minimum absolute atomic E-state index is 0.00395. The van der Waals surface area contributed by atoms with Gasteiger partial charge in [0, 0.05) is 17.1 Å². The van der Waals surface area contributed by atoms with Crippen LogP contribution in [0, 0.1) is 6.92 Å². The number of benzene rings is 1. The summed E-state index contributed by atoms with van der Waals surface area (Å²) >= 11 is 3.45. The molecule has 0 aliphatic carbocycles.